The van der Waals surface area contributed by atoms with Gasteiger partial charge in [-0.05, 0) is 25.7 Å². The molecule has 2 aromatic rings. The molecule has 21 heavy (non-hydrogen) atoms. The highest BCUT2D eigenvalue weighted by Gasteiger charge is 2.25. The summed E-state index contributed by atoms with van der Waals surface area (Å²) >= 11 is 1.69. The molecule has 1 fully saturated rings. The fourth-order valence-electron chi connectivity index (χ4n) is 2.70. The largest absolute Gasteiger partial charge is 0.338 e. The van der Waals surface area contributed by atoms with Gasteiger partial charge in [0, 0.05) is 43.5 Å². The first-order chi connectivity index (χ1) is 10.2. The minimum atomic E-state index is 0.0406. The topological polar surface area (TPSA) is 59.0 Å². The van der Waals surface area contributed by atoms with Gasteiger partial charge in [-0.15, -0.1) is 11.3 Å². The molecule has 110 valence electrons. The fraction of sp³-hybridized carbons (Fsp3) is 0.467. The molecule has 1 aliphatic rings. The summed E-state index contributed by atoms with van der Waals surface area (Å²) in [5, 5.41) is 3.16. The Morgan fingerprint density at radius 2 is 2.19 bits per heavy atom. The summed E-state index contributed by atoms with van der Waals surface area (Å²) in [6.07, 6.45) is 8.26. The van der Waals surface area contributed by atoms with E-state index in [1.807, 2.05) is 23.4 Å². The maximum absolute atomic E-state index is 12.5. The zero-order valence-corrected chi connectivity index (χ0v) is 12.8. The van der Waals surface area contributed by atoms with E-state index in [2.05, 4.69) is 15.0 Å². The van der Waals surface area contributed by atoms with Gasteiger partial charge in [-0.3, -0.25) is 4.79 Å². The van der Waals surface area contributed by atoms with Gasteiger partial charge in [-0.1, -0.05) is 0 Å². The Bertz CT molecular complexity index is 597. The predicted octanol–water partition coefficient (Wildman–Crippen LogP) is 2.34. The van der Waals surface area contributed by atoms with E-state index in [1.165, 1.54) is 0 Å². The van der Waals surface area contributed by atoms with Gasteiger partial charge < -0.3 is 4.90 Å². The number of piperidine rings is 1. The van der Waals surface area contributed by atoms with Crippen LogP contribution in [0.15, 0.2) is 24.0 Å². The van der Waals surface area contributed by atoms with Crippen molar-refractivity contribution in [2.75, 3.05) is 13.1 Å². The lowest BCUT2D eigenvalue weighted by Gasteiger charge is -2.32. The van der Waals surface area contributed by atoms with Crippen LogP contribution in [0.3, 0.4) is 0 Å². The normalized spacial score (nSPS) is 18.7. The van der Waals surface area contributed by atoms with Crippen LogP contribution in [0, 0.1) is 12.8 Å². The third-order valence-electron chi connectivity index (χ3n) is 3.78. The van der Waals surface area contributed by atoms with E-state index >= 15 is 0 Å². The number of thiazole rings is 1. The van der Waals surface area contributed by atoms with Gasteiger partial charge in [0.2, 0.25) is 0 Å². The second-order valence-electron chi connectivity index (χ2n) is 5.41. The molecule has 1 saturated heterocycles. The summed E-state index contributed by atoms with van der Waals surface area (Å²) in [5.41, 5.74) is 0.579. The molecule has 6 heteroatoms. The Balaban J connectivity index is 1.65. The minimum absolute atomic E-state index is 0.0406. The summed E-state index contributed by atoms with van der Waals surface area (Å²) in [6.45, 7) is 3.44. The SMILES string of the molecule is Cc1ncc(C(=O)N2CCC[C@H](Cc3nccs3)C2)cn1. The molecule has 0 N–H and O–H groups in total. The monoisotopic (exact) mass is 302 g/mol. The second kappa shape index (κ2) is 6.30. The third-order valence-corrected chi connectivity index (χ3v) is 4.58. The molecule has 5 nitrogen and oxygen atoms in total. The van der Waals surface area contributed by atoms with E-state index in [9.17, 15) is 4.79 Å². The zero-order chi connectivity index (χ0) is 14.7. The maximum atomic E-state index is 12.5. The standard InChI is InChI=1S/C15H18N4OS/c1-11-17-8-13(9-18-11)15(20)19-5-2-3-12(10-19)7-14-16-4-6-21-14/h4,6,8-9,12H,2-3,5,7,10H2,1H3/t12-/m1/s1. The maximum Gasteiger partial charge on any atom is 0.256 e. The average Bonchev–Trinajstić information content (AvgIpc) is 3.00. The number of carbonyl (C=O) groups is 1. The molecule has 0 aliphatic carbocycles. The van der Waals surface area contributed by atoms with Crippen LogP contribution in [0.4, 0.5) is 0 Å². The summed E-state index contributed by atoms with van der Waals surface area (Å²) < 4.78 is 0. The molecule has 1 aliphatic heterocycles. The van der Waals surface area contributed by atoms with Crippen molar-refractivity contribution in [3.8, 4) is 0 Å². The molecule has 0 radical (unpaired) electrons. The average molecular weight is 302 g/mol. The number of aryl methyl sites for hydroxylation is 1. The highest BCUT2D eigenvalue weighted by atomic mass is 32.1. The molecular formula is C15H18N4OS. The lowest BCUT2D eigenvalue weighted by Crippen LogP contribution is -2.40. The first-order valence-electron chi connectivity index (χ1n) is 7.18. The molecule has 0 unspecified atom stereocenters. The first-order valence-corrected chi connectivity index (χ1v) is 8.06. The Morgan fingerprint density at radius 3 is 2.90 bits per heavy atom. The summed E-state index contributed by atoms with van der Waals surface area (Å²) in [4.78, 5) is 27.0. The predicted molar refractivity (Wildman–Crippen MR) is 81.2 cm³/mol. The van der Waals surface area contributed by atoms with Gasteiger partial charge in [0.1, 0.15) is 5.82 Å². The van der Waals surface area contributed by atoms with Crippen LogP contribution in [0.25, 0.3) is 0 Å². The summed E-state index contributed by atoms with van der Waals surface area (Å²) in [7, 11) is 0. The van der Waals surface area contributed by atoms with Crippen LogP contribution in [-0.4, -0.2) is 38.8 Å². The number of rotatable bonds is 3. The third kappa shape index (κ3) is 3.44. The molecule has 0 spiro atoms. The van der Waals surface area contributed by atoms with Crippen LogP contribution >= 0.6 is 11.3 Å². The van der Waals surface area contributed by atoms with Crippen molar-refractivity contribution in [3.05, 3.63) is 40.4 Å². The number of amides is 1. The van der Waals surface area contributed by atoms with Crippen LogP contribution in [-0.2, 0) is 6.42 Å². The summed E-state index contributed by atoms with van der Waals surface area (Å²) in [5.74, 6) is 1.23. The van der Waals surface area contributed by atoms with Crippen LogP contribution < -0.4 is 0 Å². The molecule has 0 saturated carbocycles. The van der Waals surface area contributed by atoms with E-state index in [4.69, 9.17) is 0 Å². The highest BCUT2D eigenvalue weighted by Crippen LogP contribution is 2.22. The molecule has 3 heterocycles. The lowest BCUT2D eigenvalue weighted by atomic mass is 9.94. The molecule has 2 aromatic heterocycles. The molecule has 3 rings (SSSR count). The van der Waals surface area contributed by atoms with Crippen molar-refractivity contribution in [3.63, 3.8) is 0 Å². The van der Waals surface area contributed by atoms with Crippen LogP contribution in [0.2, 0.25) is 0 Å². The number of aromatic nitrogens is 3. The Hall–Kier alpha value is -1.82. The number of hydrogen-bond acceptors (Lipinski definition) is 5. The van der Waals surface area contributed by atoms with Gasteiger partial charge in [-0.25, -0.2) is 15.0 Å². The minimum Gasteiger partial charge on any atom is -0.338 e. The van der Waals surface area contributed by atoms with E-state index in [0.29, 0.717) is 17.3 Å². The molecular weight excluding hydrogens is 284 g/mol. The van der Waals surface area contributed by atoms with Gasteiger partial charge in [-0.2, -0.15) is 0 Å². The number of hydrogen-bond donors (Lipinski definition) is 0. The second-order valence-corrected chi connectivity index (χ2v) is 6.39. The van der Waals surface area contributed by atoms with E-state index in [0.717, 1.165) is 37.4 Å². The fourth-order valence-corrected chi connectivity index (χ4v) is 3.43. The first kappa shape index (κ1) is 14.1. The Kier molecular flexibility index (Phi) is 4.24. The van der Waals surface area contributed by atoms with Gasteiger partial charge in [0.15, 0.2) is 0 Å². The molecule has 0 aromatic carbocycles. The van der Waals surface area contributed by atoms with Crippen molar-refractivity contribution in [2.45, 2.75) is 26.2 Å². The van der Waals surface area contributed by atoms with E-state index in [-0.39, 0.29) is 5.91 Å². The van der Waals surface area contributed by atoms with E-state index in [1.54, 1.807) is 23.7 Å². The number of likely N-dealkylation sites (tertiary alicyclic amines) is 1. The highest BCUT2D eigenvalue weighted by molar-refractivity contribution is 7.09. The Morgan fingerprint density at radius 1 is 1.38 bits per heavy atom. The number of carbonyl (C=O) groups excluding carboxylic acids is 1. The van der Waals surface area contributed by atoms with Crippen molar-refractivity contribution >= 4 is 17.2 Å². The Labute approximate surface area is 128 Å². The van der Waals surface area contributed by atoms with E-state index < -0.39 is 0 Å². The molecule has 1 amide bonds. The van der Waals surface area contributed by atoms with Crippen molar-refractivity contribution in [2.24, 2.45) is 5.92 Å². The lowest BCUT2D eigenvalue weighted by molar-refractivity contribution is 0.0672. The van der Waals surface area contributed by atoms with Gasteiger partial charge >= 0.3 is 0 Å². The van der Waals surface area contributed by atoms with Gasteiger partial charge in [0.25, 0.3) is 5.91 Å². The molecule has 1 atom stereocenters. The zero-order valence-electron chi connectivity index (χ0n) is 12.0. The van der Waals surface area contributed by atoms with Gasteiger partial charge in [0.05, 0.1) is 10.6 Å². The van der Waals surface area contributed by atoms with Crippen molar-refractivity contribution in [1.82, 2.24) is 19.9 Å². The number of nitrogens with zero attached hydrogens (tertiary/aromatic N) is 4. The summed E-state index contributed by atoms with van der Waals surface area (Å²) in [6, 6.07) is 0. The molecule has 0 bridgehead atoms. The van der Waals surface area contributed by atoms with Crippen molar-refractivity contribution < 1.29 is 4.79 Å². The van der Waals surface area contributed by atoms with Crippen molar-refractivity contribution in [1.29, 1.82) is 0 Å². The van der Waals surface area contributed by atoms with Crippen LogP contribution in [0.1, 0.15) is 34.0 Å². The quantitative estimate of drug-likeness (QED) is 0.873. The van der Waals surface area contributed by atoms with Crippen LogP contribution in [0.5, 0.6) is 0 Å². The smallest absolute Gasteiger partial charge is 0.256 e.